The predicted octanol–water partition coefficient (Wildman–Crippen LogP) is 2.54. The number of nitrogens with zero attached hydrogens (tertiary/aromatic N) is 1. The van der Waals surface area contributed by atoms with Gasteiger partial charge in [0.25, 0.3) is 5.91 Å². The highest BCUT2D eigenvalue weighted by atomic mass is 16.3. The number of amides is 1. The molecule has 0 aliphatic carbocycles. The van der Waals surface area contributed by atoms with Gasteiger partial charge in [0.15, 0.2) is 5.76 Å². The molecule has 0 aliphatic heterocycles. The largest absolute Gasteiger partial charge is 0.456 e. The molecule has 0 saturated heterocycles. The first-order chi connectivity index (χ1) is 7.65. The Morgan fingerprint density at radius 3 is 2.62 bits per heavy atom. The molecule has 0 spiro atoms. The second-order valence-corrected chi connectivity index (χ2v) is 3.59. The van der Waals surface area contributed by atoms with Gasteiger partial charge in [-0.3, -0.25) is 4.79 Å². The first-order valence-corrected chi connectivity index (χ1v) is 4.95. The van der Waals surface area contributed by atoms with E-state index in [9.17, 15) is 4.79 Å². The van der Waals surface area contributed by atoms with Crippen molar-refractivity contribution in [3.05, 3.63) is 47.5 Å². The highest BCUT2D eigenvalue weighted by Gasteiger charge is 2.10. The predicted molar refractivity (Wildman–Crippen MR) is 60.4 cm³/mol. The van der Waals surface area contributed by atoms with Gasteiger partial charge in [0.1, 0.15) is 11.6 Å². The Hall–Kier alpha value is -2.10. The minimum Gasteiger partial charge on any atom is -0.456 e. The van der Waals surface area contributed by atoms with Gasteiger partial charge in [-0.05, 0) is 37.6 Å². The summed E-state index contributed by atoms with van der Waals surface area (Å²) in [5, 5.41) is 2.65. The lowest BCUT2D eigenvalue weighted by Gasteiger charge is -2.01. The molecule has 2 heterocycles. The molecular formula is C12H12N2O2. The summed E-state index contributed by atoms with van der Waals surface area (Å²) in [6.07, 6.45) is 1.70. The van der Waals surface area contributed by atoms with E-state index in [1.54, 1.807) is 31.3 Å². The van der Waals surface area contributed by atoms with Gasteiger partial charge < -0.3 is 9.73 Å². The zero-order chi connectivity index (χ0) is 11.5. The second kappa shape index (κ2) is 4.18. The number of furan rings is 1. The minimum absolute atomic E-state index is 0.288. The monoisotopic (exact) mass is 216 g/mol. The third-order valence-electron chi connectivity index (χ3n) is 2.12. The number of carbonyl (C=O) groups is 1. The molecule has 0 unspecified atom stereocenters. The smallest absolute Gasteiger partial charge is 0.292 e. The van der Waals surface area contributed by atoms with Crippen molar-refractivity contribution in [3.8, 4) is 0 Å². The molecule has 0 aromatic carbocycles. The Morgan fingerprint density at radius 1 is 1.25 bits per heavy atom. The van der Waals surface area contributed by atoms with Crippen molar-refractivity contribution in [1.29, 1.82) is 0 Å². The van der Waals surface area contributed by atoms with Gasteiger partial charge in [0.2, 0.25) is 0 Å². The topological polar surface area (TPSA) is 55.1 Å². The van der Waals surface area contributed by atoms with Gasteiger partial charge in [0.05, 0.1) is 0 Å². The number of nitrogens with one attached hydrogen (secondary N) is 1. The summed E-state index contributed by atoms with van der Waals surface area (Å²) < 4.78 is 5.20. The lowest BCUT2D eigenvalue weighted by molar-refractivity contribution is 0.0995. The van der Waals surface area contributed by atoms with Crippen molar-refractivity contribution in [2.75, 3.05) is 5.32 Å². The molecule has 2 aromatic rings. The Balaban J connectivity index is 2.10. The van der Waals surface area contributed by atoms with E-state index in [-0.39, 0.29) is 5.91 Å². The molecular weight excluding hydrogens is 204 g/mol. The molecule has 0 fully saturated rings. The Bertz CT molecular complexity index is 500. The number of hydrogen-bond donors (Lipinski definition) is 1. The first kappa shape index (κ1) is 10.4. The number of anilines is 1. The van der Waals surface area contributed by atoms with Crippen LogP contribution >= 0.6 is 0 Å². The van der Waals surface area contributed by atoms with Crippen molar-refractivity contribution in [2.24, 2.45) is 0 Å². The van der Waals surface area contributed by atoms with E-state index in [4.69, 9.17) is 4.42 Å². The van der Waals surface area contributed by atoms with Crippen molar-refractivity contribution in [3.63, 3.8) is 0 Å². The van der Waals surface area contributed by atoms with Crippen LogP contribution in [0.3, 0.4) is 0 Å². The molecule has 2 rings (SSSR count). The van der Waals surface area contributed by atoms with Crippen LogP contribution in [0.4, 0.5) is 5.82 Å². The summed E-state index contributed by atoms with van der Waals surface area (Å²) in [5.74, 6) is 1.23. The molecule has 0 radical (unpaired) electrons. The van der Waals surface area contributed by atoms with Crippen molar-refractivity contribution in [2.45, 2.75) is 13.8 Å². The van der Waals surface area contributed by atoms with E-state index >= 15 is 0 Å². The van der Waals surface area contributed by atoms with Crippen LogP contribution in [0.1, 0.15) is 21.9 Å². The standard InChI is InChI=1S/C12H12N2O2/c1-8-3-6-11(13-7-8)14-12(15)10-5-4-9(2)16-10/h3-7H,1-2H3,(H,13,14,15). The zero-order valence-corrected chi connectivity index (χ0v) is 9.15. The summed E-state index contributed by atoms with van der Waals surface area (Å²) in [5.41, 5.74) is 1.05. The lowest BCUT2D eigenvalue weighted by Crippen LogP contribution is -2.11. The van der Waals surface area contributed by atoms with Crippen LogP contribution in [0.15, 0.2) is 34.9 Å². The zero-order valence-electron chi connectivity index (χ0n) is 9.15. The minimum atomic E-state index is -0.288. The Labute approximate surface area is 93.3 Å². The maximum absolute atomic E-state index is 11.7. The van der Waals surface area contributed by atoms with Crippen molar-refractivity contribution >= 4 is 11.7 Å². The fraction of sp³-hybridized carbons (Fsp3) is 0.167. The average Bonchev–Trinajstić information content (AvgIpc) is 2.68. The Kier molecular flexibility index (Phi) is 2.72. The van der Waals surface area contributed by atoms with Crippen LogP contribution in [0.2, 0.25) is 0 Å². The molecule has 1 amide bonds. The molecule has 82 valence electrons. The van der Waals surface area contributed by atoms with Crippen LogP contribution in [0.5, 0.6) is 0 Å². The van der Waals surface area contributed by atoms with Crippen LogP contribution < -0.4 is 5.32 Å². The van der Waals surface area contributed by atoms with Crippen LogP contribution in [-0.2, 0) is 0 Å². The van der Waals surface area contributed by atoms with Gasteiger partial charge in [-0.15, -0.1) is 0 Å². The van der Waals surface area contributed by atoms with E-state index in [2.05, 4.69) is 10.3 Å². The van der Waals surface area contributed by atoms with Gasteiger partial charge in [-0.25, -0.2) is 4.98 Å². The van der Waals surface area contributed by atoms with Gasteiger partial charge in [0, 0.05) is 6.20 Å². The van der Waals surface area contributed by atoms with E-state index in [1.165, 1.54) is 0 Å². The maximum atomic E-state index is 11.7. The molecule has 0 aliphatic rings. The van der Waals surface area contributed by atoms with E-state index in [1.807, 2.05) is 13.0 Å². The summed E-state index contributed by atoms with van der Waals surface area (Å²) in [4.78, 5) is 15.7. The molecule has 1 N–H and O–H groups in total. The van der Waals surface area contributed by atoms with Gasteiger partial charge in [-0.1, -0.05) is 6.07 Å². The highest BCUT2D eigenvalue weighted by molar-refractivity contribution is 6.01. The number of rotatable bonds is 2. The summed E-state index contributed by atoms with van der Waals surface area (Å²) in [6, 6.07) is 7.02. The molecule has 2 aromatic heterocycles. The molecule has 0 bridgehead atoms. The van der Waals surface area contributed by atoms with Crippen molar-refractivity contribution < 1.29 is 9.21 Å². The SMILES string of the molecule is Cc1ccc(NC(=O)c2ccc(C)o2)nc1. The first-order valence-electron chi connectivity index (χ1n) is 4.95. The normalized spacial score (nSPS) is 10.1. The van der Waals surface area contributed by atoms with Crippen molar-refractivity contribution in [1.82, 2.24) is 4.98 Å². The van der Waals surface area contributed by atoms with Crippen LogP contribution in [-0.4, -0.2) is 10.9 Å². The third kappa shape index (κ3) is 2.28. The Morgan fingerprint density at radius 2 is 2.06 bits per heavy atom. The number of aromatic nitrogens is 1. The molecule has 4 nitrogen and oxygen atoms in total. The fourth-order valence-electron chi connectivity index (χ4n) is 1.28. The van der Waals surface area contributed by atoms with Crippen LogP contribution in [0.25, 0.3) is 0 Å². The fourth-order valence-corrected chi connectivity index (χ4v) is 1.28. The summed E-state index contributed by atoms with van der Waals surface area (Å²) in [6.45, 7) is 3.73. The van der Waals surface area contributed by atoms with Crippen LogP contribution in [0, 0.1) is 13.8 Å². The number of aryl methyl sites for hydroxylation is 2. The summed E-state index contributed by atoms with van der Waals surface area (Å²) >= 11 is 0. The lowest BCUT2D eigenvalue weighted by atomic mass is 10.3. The van der Waals surface area contributed by atoms with E-state index in [0.717, 1.165) is 5.56 Å². The molecule has 16 heavy (non-hydrogen) atoms. The van der Waals surface area contributed by atoms with Gasteiger partial charge in [-0.2, -0.15) is 0 Å². The molecule has 0 atom stereocenters. The van der Waals surface area contributed by atoms with Gasteiger partial charge >= 0.3 is 0 Å². The number of pyridine rings is 1. The number of hydrogen-bond acceptors (Lipinski definition) is 3. The quantitative estimate of drug-likeness (QED) is 0.839. The second-order valence-electron chi connectivity index (χ2n) is 3.59. The maximum Gasteiger partial charge on any atom is 0.292 e. The highest BCUT2D eigenvalue weighted by Crippen LogP contribution is 2.10. The number of carbonyl (C=O) groups excluding carboxylic acids is 1. The van der Waals surface area contributed by atoms with E-state index < -0.39 is 0 Å². The average molecular weight is 216 g/mol. The molecule has 0 saturated carbocycles. The molecule has 4 heteroatoms. The third-order valence-corrected chi connectivity index (χ3v) is 2.12. The summed E-state index contributed by atoms with van der Waals surface area (Å²) in [7, 11) is 0. The van der Waals surface area contributed by atoms with E-state index in [0.29, 0.717) is 17.3 Å².